The molecule has 0 unspecified atom stereocenters. The molecule has 0 bridgehead atoms. The second kappa shape index (κ2) is 4.95. The van der Waals surface area contributed by atoms with E-state index in [2.05, 4.69) is 39.6 Å². The van der Waals surface area contributed by atoms with Gasteiger partial charge < -0.3 is 10.1 Å². The van der Waals surface area contributed by atoms with Crippen LogP contribution in [0, 0.1) is 0 Å². The van der Waals surface area contributed by atoms with Crippen LogP contribution in [0.5, 0.6) is 0 Å². The van der Waals surface area contributed by atoms with Crippen molar-refractivity contribution in [3.63, 3.8) is 0 Å². The largest absolute Gasteiger partial charge is 0.381 e. The van der Waals surface area contributed by atoms with Gasteiger partial charge in [-0.25, -0.2) is 0 Å². The Hall–Kier alpha value is 0.1000. The first-order valence-corrected chi connectivity index (χ1v) is 6.91. The fraction of sp³-hybridized carbons (Fsp3) is 0.636. The number of hydrogen-bond acceptors (Lipinski definition) is 3. The summed E-state index contributed by atoms with van der Waals surface area (Å²) in [6, 6.07) is 2.18. The average Bonchev–Trinajstić information content (AvgIpc) is 2.63. The van der Waals surface area contributed by atoms with Gasteiger partial charge in [0.1, 0.15) is 0 Å². The molecule has 2 nitrogen and oxygen atoms in total. The fourth-order valence-electron chi connectivity index (χ4n) is 1.75. The van der Waals surface area contributed by atoms with E-state index in [9.17, 15) is 0 Å². The van der Waals surface area contributed by atoms with Crippen molar-refractivity contribution in [1.82, 2.24) is 5.32 Å². The zero-order chi connectivity index (χ0) is 10.7. The van der Waals surface area contributed by atoms with E-state index >= 15 is 0 Å². The minimum Gasteiger partial charge on any atom is -0.381 e. The second-order valence-corrected chi connectivity index (χ2v) is 6.17. The molecule has 1 aromatic rings. The smallest absolute Gasteiger partial charge is 0.0483 e. The van der Waals surface area contributed by atoms with Crippen molar-refractivity contribution in [1.29, 1.82) is 0 Å². The van der Waals surface area contributed by atoms with E-state index in [1.165, 1.54) is 9.35 Å². The average molecular weight is 290 g/mol. The first kappa shape index (κ1) is 11.6. The van der Waals surface area contributed by atoms with Crippen LogP contribution in [0.15, 0.2) is 15.9 Å². The molecule has 0 spiro atoms. The molecule has 0 saturated carbocycles. The maximum Gasteiger partial charge on any atom is 0.0483 e. The van der Waals surface area contributed by atoms with E-state index < -0.39 is 0 Å². The quantitative estimate of drug-likeness (QED) is 0.923. The second-order valence-electron chi connectivity index (χ2n) is 4.26. The molecular weight excluding hydrogens is 274 g/mol. The summed E-state index contributed by atoms with van der Waals surface area (Å²) in [4.78, 5) is 1.38. The molecule has 1 saturated heterocycles. The molecular formula is C11H16BrNOS. The molecule has 15 heavy (non-hydrogen) atoms. The number of rotatable bonds is 3. The normalized spacial score (nSPS) is 20.4. The zero-order valence-electron chi connectivity index (χ0n) is 8.88. The number of nitrogens with one attached hydrogen (secondary N) is 1. The van der Waals surface area contributed by atoms with Crippen molar-refractivity contribution in [2.45, 2.75) is 31.8 Å². The first-order valence-electron chi connectivity index (χ1n) is 5.24. The molecule has 84 valence electrons. The van der Waals surface area contributed by atoms with E-state index in [0.29, 0.717) is 0 Å². The Morgan fingerprint density at radius 3 is 2.87 bits per heavy atom. The highest BCUT2D eigenvalue weighted by Gasteiger charge is 2.26. The Morgan fingerprint density at radius 1 is 1.53 bits per heavy atom. The van der Waals surface area contributed by atoms with Gasteiger partial charge in [0.25, 0.3) is 0 Å². The fourth-order valence-corrected chi connectivity index (χ4v) is 3.14. The molecule has 2 rings (SSSR count). The Morgan fingerprint density at radius 2 is 2.27 bits per heavy atom. The predicted octanol–water partition coefficient (Wildman–Crippen LogP) is 3.17. The molecule has 1 aromatic heterocycles. The van der Waals surface area contributed by atoms with Crippen molar-refractivity contribution >= 4 is 27.3 Å². The molecule has 0 aliphatic carbocycles. The van der Waals surface area contributed by atoms with Crippen LogP contribution < -0.4 is 5.32 Å². The molecule has 1 fully saturated rings. The van der Waals surface area contributed by atoms with Gasteiger partial charge in [-0.2, -0.15) is 0 Å². The van der Waals surface area contributed by atoms with Gasteiger partial charge in [0, 0.05) is 40.0 Å². The SMILES string of the molecule is CC1(NCc2cc(Br)cs2)CCOCC1. The molecule has 4 heteroatoms. The lowest BCUT2D eigenvalue weighted by molar-refractivity contribution is 0.0447. The summed E-state index contributed by atoms with van der Waals surface area (Å²) in [6.07, 6.45) is 2.22. The van der Waals surface area contributed by atoms with Gasteiger partial charge in [0.15, 0.2) is 0 Å². The highest BCUT2D eigenvalue weighted by molar-refractivity contribution is 9.10. The number of halogens is 1. The van der Waals surface area contributed by atoms with Crippen molar-refractivity contribution in [3.05, 3.63) is 20.8 Å². The van der Waals surface area contributed by atoms with Gasteiger partial charge in [-0.05, 0) is 41.8 Å². The summed E-state index contributed by atoms with van der Waals surface area (Å²) in [5.41, 5.74) is 0.259. The lowest BCUT2D eigenvalue weighted by Crippen LogP contribution is -2.46. The van der Waals surface area contributed by atoms with Gasteiger partial charge in [0.05, 0.1) is 0 Å². The number of hydrogen-bond donors (Lipinski definition) is 1. The van der Waals surface area contributed by atoms with Crippen LogP contribution in [0.2, 0.25) is 0 Å². The number of thiophene rings is 1. The van der Waals surface area contributed by atoms with Crippen molar-refractivity contribution < 1.29 is 4.74 Å². The standard InChI is InChI=1S/C11H16BrNOS/c1-11(2-4-14-5-3-11)13-7-10-6-9(12)8-15-10/h6,8,13H,2-5,7H2,1H3. The van der Waals surface area contributed by atoms with Crippen LogP contribution in [-0.4, -0.2) is 18.8 Å². The monoisotopic (exact) mass is 289 g/mol. The van der Waals surface area contributed by atoms with Crippen LogP contribution in [-0.2, 0) is 11.3 Å². The van der Waals surface area contributed by atoms with Crippen LogP contribution in [0.25, 0.3) is 0 Å². The maximum absolute atomic E-state index is 5.38. The molecule has 1 aliphatic rings. The van der Waals surface area contributed by atoms with Crippen LogP contribution >= 0.6 is 27.3 Å². The molecule has 0 aromatic carbocycles. The summed E-state index contributed by atoms with van der Waals surface area (Å²) in [6.45, 7) is 5.03. The van der Waals surface area contributed by atoms with Crippen LogP contribution in [0.1, 0.15) is 24.6 Å². The lowest BCUT2D eigenvalue weighted by atomic mass is 9.92. The van der Waals surface area contributed by atoms with Gasteiger partial charge in [-0.3, -0.25) is 0 Å². The van der Waals surface area contributed by atoms with Gasteiger partial charge >= 0.3 is 0 Å². The molecule has 0 radical (unpaired) electrons. The third kappa shape index (κ3) is 3.28. The van der Waals surface area contributed by atoms with Crippen molar-refractivity contribution in [2.24, 2.45) is 0 Å². The summed E-state index contributed by atoms with van der Waals surface area (Å²) < 4.78 is 6.56. The Bertz CT molecular complexity index is 320. The van der Waals surface area contributed by atoms with E-state index in [1.807, 2.05) is 0 Å². The van der Waals surface area contributed by atoms with E-state index in [0.717, 1.165) is 32.6 Å². The highest BCUT2D eigenvalue weighted by Crippen LogP contribution is 2.23. The first-order chi connectivity index (χ1) is 7.18. The molecule has 0 amide bonds. The Kier molecular flexibility index (Phi) is 3.83. The highest BCUT2D eigenvalue weighted by atomic mass is 79.9. The summed E-state index contributed by atoms with van der Waals surface area (Å²) in [5.74, 6) is 0. The molecule has 1 N–H and O–H groups in total. The minimum atomic E-state index is 0.259. The van der Waals surface area contributed by atoms with Gasteiger partial charge in [-0.15, -0.1) is 11.3 Å². The third-order valence-corrected chi connectivity index (χ3v) is 4.61. The summed E-state index contributed by atoms with van der Waals surface area (Å²) in [5, 5.41) is 5.77. The Labute approximate surface area is 103 Å². The van der Waals surface area contributed by atoms with Crippen LogP contribution in [0.4, 0.5) is 0 Å². The molecule has 1 aliphatic heterocycles. The zero-order valence-corrected chi connectivity index (χ0v) is 11.3. The topological polar surface area (TPSA) is 21.3 Å². The van der Waals surface area contributed by atoms with Crippen molar-refractivity contribution in [3.8, 4) is 0 Å². The molecule has 2 heterocycles. The van der Waals surface area contributed by atoms with E-state index in [-0.39, 0.29) is 5.54 Å². The lowest BCUT2D eigenvalue weighted by Gasteiger charge is -2.34. The van der Waals surface area contributed by atoms with Crippen LogP contribution in [0.3, 0.4) is 0 Å². The minimum absolute atomic E-state index is 0.259. The van der Waals surface area contributed by atoms with E-state index in [4.69, 9.17) is 4.74 Å². The van der Waals surface area contributed by atoms with Gasteiger partial charge in [0.2, 0.25) is 0 Å². The van der Waals surface area contributed by atoms with E-state index in [1.54, 1.807) is 11.3 Å². The van der Waals surface area contributed by atoms with Gasteiger partial charge in [-0.1, -0.05) is 0 Å². The third-order valence-electron chi connectivity index (χ3n) is 2.91. The number of ether oxygens (including phenoxy) is 1. The summed E-state index contributed by atoms with van der Waals surface area (Å²) in [7, 11) is 0. The van der Waals surface area contributed by atoms with Crippen molar-refractivity contribution in [2.75, 3.05) is 13.2 Å². The maximum atomic E-state index is 5.38. The molecule has 0 atom stereocenters. The summed E-state index contributed by atoms with van der Waals surface area (Å²) >= 11 is 5.27. The predicted molar refractivity (Wildman–Crippen MR) is 67.3 cm³/mol. The Balaban J connectivity index is 1.86.